The highest BCUT2D eigenvalue weighted by molar-refractivity contribution is 5.81. The number of rotatable bonds is 4. The smallest absolute Gasteiger partial charge is 0.225 e. The van der Waals surface area contributed by atoms with E-state index >= 15 is 0 Å². The van der Waals surface area contributed by atoms with Crippen molar-refractivity contribution in [1.82, 2.24) is 10.2 Å². The van der Waals surface area contributed by atoms with Gasteiger partial charge in [0.05, 0.1) is 0 Å². The van der Waals surface area contributed by atoms with Crippen molar-refractivity contribution in [2.75, 3.05) is 13.1 Å². The summed E-state index contributed by atoms with van der Waals surface area (Å²) in [4.78, 5) is 27.1. The van der Waals surface area contributed by atoms with Crippen LogP contribution in [0.1, 0.15) is 51.0 Å². The zero-order chi connectivity index (χ0) is 18.5. The largest absolute Gasteiger partial charge is 0.352 e. The third-order valence-electron chi connectivity index (χ3n) is 5.95. The Hall–Kier alpha value is -1.91. The zero-order valence-electron chi connectivity index (χ0n) is 15.5. The minimum Gasteiger partial charge on any atom is -0.352 e. The second-order valence-corrected chi connectivity index (χ2v) is 7.87. The molecule has 142 valence electrons. The van der Waals surface area contributed by atoms with Crippen molar-refractivity contribution in [3.05, 3.63) is 35.6 Å². The Kier molecular flexibility index (Phi) is 6.28. The number of likely N-dealkylation sites (tertiary alicyclic amines) is 1. The summed E-state index contributed by atoms with van der Waals surface area (Å²) in [6.07, 6.45) is 5.23. The molecule has 0 bridgehead atoms. The zero-order valence-corrected chi connectivity index (χ0v) is 15.5. The summed E-state index contributed by atoms with van der Waals surface area (Å²) >= 11 is 0. The van der Waals surface area contributed by atoms with Gasteiger partial charge in [0.2, 0.25) is 11.8 Å². The lowest BCUT2D eigenvalue weighted by atomic mass is 9.80. The molecule has 1 aromatic carbocycles. The van der Waals surface area contributed by atoms with E-state index in [9.17, 15) is 14.0 Å². The van der Waals surface area contributed by atoms with Crippen LogP contribution in [0.2, 0.25) is 0 Å². The number of amides is 2. The number of nitrogens with one attached hydrogen (secondary N) is 1. The van der Waals surface area contributed by atoms with Crippen LogP contribution in [-0.2, 0) is 16.1 Å². The summed E-state index contributed by atoms with van der Waals surface area (Å²) in [7, 11) is 0. The van der Waals surface area contributed by atoms with Gasteiger partial charge in [0.1, 0.15) is 5.82 Å². The SMILES string of the molecule is CC1CCN(C(=O)C2CCC(C(=O)NCc3ccccc3F)CC2)CC1. The molecule has 1 N–H and O–H groups in total. The fourth-order valence-electron chi connectivity index (χ4n) is 4.06. The van der Waals surface area contributed by atoms with Crippen LogP contribution in [0.4, 0.5) is 4.39 Å². The molecule has 0 atom stereocenters. The van der Waals surface area contributed by atoms with E-state index in [0.29, 0.717) is 11.5 Å². The van der Waals surface area contributed by atoms with Gasteiger partial charge in [-0.3, -0.25) is 9.59 Å². The molecule has 0 radical (unpaired) electrons. The average molecular weight is 360 g/mol. The predicted molar refractivity (Wildman–Crippen MR) is 98.7 cm³/mol. The van der Waals surface area contributed by atoms with Gasteiger partial charge in [-0.15, -0.1) is 0 Å². The summed E-state index contributed by atoms with van der Waals surface area (Å²) < 4.78 is 13.6. The predicted octanol–water partition coefficient (Wildman–Crippen LogP) is 3.51. The number of nitrogens with zero attached hydrogens (tertiary/aromatic N) is 1. The number of hydrogen-bond donors (Lipinski definition) is 1. The summed E-state index contributed by atoms with van der Waals surface area (Å²) in [6.45, 7) is 4.22. The van der Waals surface area contributed by atoms with Crippen LogP contribution in [0.15, 0.2) is 24.3 Å². The van der Waals surface area contributed by atoms with Gasteiger partial charge < -0.3 is 10.2 Å². The Morgan fingerprint density at radius 3 is 2.31 bits per heavy atom. The lowest BCUT2D eigenvalue weighted by Gasteiger charge is -2.35. The van der Waals surface area contributed by atoms with Gasteiger partial charge in [-0.25, -0.2) is 4.39 Å². The molecule has 1 aliphatic heterocycles. The van der Waals surface area contributed by atoms with Gasteiger partial charge in [-0.1, -0.05) is 25.1 Å². The van der Waals surface area contributed by atoms with Gasteiger partial charge in [0.25, 0.3) is 0 Å². The van der Waals surface area contributed by atoms with Gasteiger partial charge >= 0.3 is 0 Å². The van der Waals surface area contributed by atoms with E-state index in [1.807, 2.05) is 4.90 Å². The molecule has 0 spiro atoms. The Labute approximate surface area is 155 Å². The van der Waals surface area contributed by atoms with Crippen molar-refractivity contribution < 1.29 is 14.0 Å². The molecule has 5 heteroatoms. The lowest BCUT2D eigenvalue weighted by molar-refractivity contribution is -0.139. The second-order valence-electron chi connectivity index (χ2n) is 7.87. The van der Waals surface area contributed by atoms with Crippen LogP contribution in [0.25, 0.3) is 0 Å². The van der Waals surface area contributed by atoms with Gasteiger partial charge in [0.15, 0.2) is 0 Å². The van der Waals surface area contributed by atoms with E-state index in [2.05, 4.69) is 12.2 Å². The summed E-state index contributed by atoms with van der Waals surface area (Å²) in [5.41, 5.74) is 0.504. The molecule has 1 aromatic rings. The van der Waals surface area contributed by atoms with Crippen molar-refractivity contribution in [2.45, 2.75) is 52.0 Å². The molecule has 2 fully saturated rings. The van der Waals surface area contributed by atoms with E-state index < -0.39 is 0 Å². The van der Waals surface area contributed by atoms with E-state index in [1.54, 1.807) is 18.2 Å². The van der Waals surface area contributed by atoms with Gasteiger partial charge in [-0.2, -0.15) is 0 Å². The van der Waals surface area contributed by atoms with Crippen molar-refractivity contribution in [3.8, 4) is 0 Å². The van der Waals surface area contributed by atoms with Crippen molar-refractivity contribution in [2.24, 2.45) is 17.8 Å². The first-order valence-electron chi connectivity index (χ1n) is 9.84. The molecule has 1 heterocycles. The number of piperidine rings is 1. The standard InChI is InChI=1S/C21H29FN2O2/c1-15-10-12-24(13-11-15)21(26)17-8-6-16(7-9-17)20(25)23-14-18-4-2-3-5-19(18)22/h2-5,15-17H,6-14H2,1H3,(H,23,25). The van der Waals surface area contributed by atoms with Gasteiger partial charge in [0, 0.05) is 37.0 Å². The average Bonchev–Trinajstić information content (AvgIpc) is 2.67. The molecule has 0 unspecified atom stereocenters. The lowest BCUT2D eigenvalue weighted by Crippen LogP contribution is -2.43. The first-order chi connectivity index (χ1) is 12.5. The third kappa shape index (κ3) is 4.63. The van der Waals surface area contributed by atoms with Crippen molar-refractivity contribution in [3.63, 3.8) is 0 Å². The number of carbonyl (C=O) groups excluding carboxylic acids is 2. The Morgan fingerprint density at radius 1 is 1.04 bits per heavy atom. The van der Waals surface area contributed by atoms with Crippen LogP contribution in [0, 0.1) is 23.6 Å². The van der Waals surface area contributed by atoms with E-state index in [4.69, 9.17) is 0 Å². The highest BCUT2D eigenvalue weighted by Crippen LogP contribution is 2.31. The van der Waals surface area contributed by atoms with E-state index in [0.717, 1.165) is 51.6 Å². The topological polar surface area (TPSA) is 49.4 Å². The minimum absolute atomic E-state index is 0.0223. The minimum atomic E-state index is -0.294. The third-order valence-corrected chi connectivity index (χ3v) is 5.95. The maximum Gasteiger partial charge on any atom is 0.225 e. The summed E-state index contributed by atoms with van der Waals surface area (Å²) in [5, 5.41) is 2.85. The quantitative estimate of drug-likeness (QED) is 0.893. The fourth-order valence-corrected chi connectivity index (χ4v) is 4.06. The molecule has 1 saturated heterocycles. The summed E-state index contributed by atoms with van der Waals surface area (Å²) in [6, 6.07) is 6.50. The van der Waals surface area contributed by atoms with Crippen LogP contribution >= 0.6 is 0 Å². The normalized spacial score (nSPS) is 24.3. The molecule has 1 aliphatic carbocycles. The van der Waals surface area contributed by atoms with Crippen LogP contribution < -0.4 is 5.32 Å². The molecule has 1 saturated carbocycles. The Bertz CT molecular complexity index is 633. The first-order valence-corrected chi connectivity index (χ1v) is 9.84. The molecular formula is C21H29FN2O2. The maximum atomic E-state index is 13.6. The monoisotopic (exact) mass is 360 g/mol. The maximum absolute atomic E-state index is 13.6. The molecule has 26 heavy (non-hydrogen) atoms. The first kappa shape index (κ1) is 18.9. The Morgan fingerprint density at radius 2 is 1.65 bits per heavy atom. The number of halogens is 1. The van der Waals surface area contributed by atoms with E-state index in [1.165, 1.54) is 6.07 Å². The second kappa shape index (κ2) is 8.65. The number of hydrogen-bond acceptors (Lipinski definition) is 2. The molecular weight excluding hydrogens is 331 g/mol. The summed E-state index contributed by atoms with van der Waals surface area (Å²) in [5.74, 6) is 0.685. The molecule has 3 rings (SSSR count). The van der Waals surface area contributed by atoms with Gasteiger partial charge in [-0.05, 0) is 50.5 Å². The van der Waals surface area contributed by atoms with Crippen molar-refractivity contribution >= 4 is 11.8 Å². The highest BCUT2D eigenvalue weighted by Gasteiger charge is 2.33. The highest BCUT2D eigenvalue weighted by atomic mass is 19.1. The molecule has 2 aliphatic rings. The van der Waals surface area contributed by atoms with E-state index in [-0.39, 0.29) is 36.0 Å². The molecule has 2 amide bonds. The van der Waals surface area contributed by atoms with Crippen LogP contribution in [0.5, 0.6) is 0 Å². The molecule has 4 nitrogen and oxygen atoms in total. The Balaban J connectivity index is 1.43. The number of carbonyl (C=O) groups is 2. The molecule has 0 aromatic heterocycles. The van der Waals surface area contributed by atoms with Crippen molar-refractivity contribution in [1.29, 1.82) is 0 Å². The van der Waals surface area contributed by atoms with Crippen LogP contribution in [0.3, 0.4) is 0 Å². The fraction of sp³-hybridized carbons (Fsp3) is 0.619. The van der Waals surface area contributed by atoms with Crippen LogP contribution in [-0.4, -0.2) is 29.8 Å². The number of benzene rings is 1.